The first-order valence-electron chi connectivity index (χ1n) is 5.93. The minimum absolute atomic E-state index is 0.0952. The standard InChI is InChI=1S/C13H13NO4/c15-12(14-6-10(7-14)13(16)17)9-1-2-11-8(5-9)3-4-18-11/h1-2,5,10H,3-4,6-7H2,(H,16,17). The molecule has 1 saturated heterocycles. The van der Waals surface area contributed by atoms with Crippen molar-refractivity contribution >= 4 is 11.9 Å². The van der Waals surface area contributed by atoms with Gasteiger partial charge in [-0.05, 0) is 23.8 Å². The Morgan fingerprint density at radius 2 is 2.11 bits per heavy atom. The molecule has 1 aromatic carbocycles. The molecule has 0 unspecified atom stereocenters. The number of carboxylic acids is 1. The van der Waals surface area contributed by atoms with Gasteiger partial charge in [0.2, 0.25) is 0 Å². The third-order valence-corrected chi connectivity index (χ3v) is 3.45. The van der Waals surface area contributed by atoms with E-state index >= 15 is 0 Å². The summed E-state index contributed by atoms with van der Waals surface area (Å²) in [4.78, 5) is 24.3. The Balaban J connectivity index is 1.72. The maximum atomic E-state index is 12.1. The lowest BCUT2D eigenvalue weighted by molar-refractivity contribution is -0.146. The molecule has 2 aliphatic rings. The number of carbonyl (C=O) groups is 2. The number of nitrogens with zero attached hydrogens (tertiary/aromatic N) is 1. The quantitative estimate of drug-likeness (QED) is 0.838. The molecule has 5 heteroatoms. The lowest BCUT2D eigenvalue weighted by Gasteiger charge is -2.36. The summed E-state index contributed by atoms with van der Waals surface area (Å²) in [5.41, 5.74) is 1.67. The van der Waals surface area contributed by atoms with Crippen molar-refractivity contribution in [1.82, 2.24) is 4.90 Å². The van der Waals surface area contributed by atoms with E-state index in [0.717, 1.165) is 17.7 Å². The normalized spacial score (nSPS) is 17.9. The fraction of sp³-hybridized carbons (Fsp3) is 0.385. The molecule has 0 saturated carbocycles. The Kier molecular flexibility index (Phi) is 2.47. The van der Waals surface area contributed by atoms with Gasteiger partial charge in [-0.15, -0.1) is 0 Å². The zero-order valence-electron chi connectivity index (χ0n) is 9.76. The number of carboxylic acid groups (broad SMARTS) is 1. The van der Waals surface area contributed by atoms with Crippen LogP contribution in [0.25, 0.3) is 0 Å². The highest BCUT2D eigenvalue weighted by Crippen LogP contribution is 2.27. The molecule has 0 atom stereocenters. The van der Waals surface area contributed by atoms with Crippen LogP contribution in [0.4, 0.5) is 0 Å². The van der Waals surface area contributed by atoms with Gasteiger partial charge < -0.3 is 14.7 Å². The second-order valence-electron chi connectivity index (χ2n) is 4.67. The average Bonchev–Trinajstić information content (AvgIpc) is 2.72. The van der Waals surface area contributed by atoms with Gasteiger partial charge in [0.15, 0.2) is 0 Å². The third-order valence-electron chi connectivity index (χ3n) is 3.45. The zero-order chi connectivity index (χ0) is 12.7. The molecule has 94 valence electrons. The van der Waals surface area contributed by atoms with Crippen molar-refractivity contribution in [1.29, 1.82) is 0 Å². The molecule has 18 heavy (non-hydrogen) atoms. The van der Waals surface area contributed by atoms with Gasteiger partial charge >= 0.3 is 5.97 Å². The Hall–Kier alpha value is -2.04. The van der Waals surface area contributed by atoms with E-state index in [4.69, 9.17) is 9.84 Å². The summed E-state index contributed by atoms with van der Waals surface area (Å²) in [5, 5.41) is 8.78. The van der Waals surface area contributed by atoms with Crippen molar-refractivity contribution in [2.24, 2.45) is 5.92 Å². The number of aliphatic carboxylic acids is 1. The van der Waals surface area contributed by atoms with Crippen LogP contribution in [-0.4, -0.2) is 41.6 Å². The van der Waals surface area contributed by atoms with Crippen molar-refractivity contribution in [3.63, 3.8) is 0 Å². The van der Waals surface area contributed by atoms with Gasteiger partial charge in [0.05, 0.1) is 12.5 Å². The molecule has 2 aliphatic heterocycles. The van der Waals surface area contributed by atoms with Gasteiger partial charge in [-0.3, -0.25) is 9.59 Å². The molecule has 0 spiro atoms. The van der Waals surface area contributed by atoms with E-state index in [1.165, 1.54) is 0 Å². The van der Waals surface area contributed by atoms with Crippen molar-refractivity contribution in [2.75, 3.05) is 19.7 Å². The summed E-state index contributed by atoms with van der Waals surface area (Å²) in [5.74, 6) is -0.492. The molecule has 1 N–H and O–H groups in total. The summed E-state index contributed by atoms with van der Waals surface area (Å²) in [6.07, 6.45) is 0.828. The Bertz CT molecular complexity index is 520. The predicted octanol–water partition coefficient (Wildman–Crippen LogP) is 0.778. The van der Waals surface area contributed by atoms with Crippen LogP contribution in [0, 0.1) is 5.92 Å². The van der Waals surface area contributed by atoms with Gasteiger partial charge in [-0.1, -0.05) is 0 Å². The fourth-order valence-electron chi connectivity index (χ4n) is 2.30. The van der Waals surface area contributed by atoms with Crippen molar-refractivity contribution in [2.45, 2.75) is 6.42 Å². The smallest absolute Gasteiger partial charge is 0.310 e. The van der Waals surface area contributed by atoms with E-state index in [1.807, 2.05) is 12.1 Å². The second-order valence-corrected chi connectivity index (χ2v) is 4.67. The Labute approximate surface area is 104 Å². The maximum absolute atomic E-state index is 12.1. The van der Waals surface area contributed by atoms with Crippen LogP contribution in [0.5, 0.6) is 5.75 Å². The van der Waals surface area contributed by atoms with Gasteiger partial charge in [-0.2, -0.15) is 0 Å². The van der Waals surface area contributed by atoms with Crippen LogP contribution >= 0.6 is 0 Å². The van der Waals surface area contributed by atoms with Crippen molar-refractivity contribution in [3.05, 3.63) is 29.3 Å². The Morgan fingerprint density at radius 3 is 2.83 bits per heavy atom. The number of hydrogen-bond donors (Lipinski definition) is 1. The number of benzene rings is 1. The first-order valence-corrected chi connectivity index (χ1v) is 5.93. The first-order chi connectivity index (χ1) is 8.65. The number of rotatable bonds is 2. The second kappa shape index (κ2) is 4.01. The summed E-state index contributed by atoms with van der Waals surface area (Å²) < 4.78 is 5.38. The molecule has 0 aromatic heterocycles. The topological polar surface area (TPSA) is 66.8 Å². The molecular formula is C13H13NO4. The van der Waals surface area contributed by atoms with Gasteiger partial charge in [0.25, 0.3) is 5.91 Å². The van der Waals surface area contributed by atoms with E-state index in [1.54, 1.807) is 11.0 Å². The van der Waals surface area contributed by atoms with E-state index in [-0.39, 0.29) is 5.91 Å². The van der Waals surface area contributed by atoms with Crippen LogP contribution in [0.15, 0.2) is 18.2 Å². The van der Waals surface area contributed by atoms with Crippen LogP contribution in [0.3, 0.4) is 0 Å². The van der Waals surface area contributed by atoms with Crippen molar-refractivity contribution < 1.29 is 19.4 Å². The lowest BCUT2D eigenvalue weighted by Crippen LogP contribution is -2.53. The van der Waals surface area contributed by atoms with E-state index in [9.17, 15) is 9.59 Å². The molecule has 2 heterocycles. The number of ether oxygens (including phenoxy) is 1. The number of carbonyl (C=O) groups excluding carboxylic acids is 1. The molecule has 0 aliphatic carbocycles. The number of hydrogen-bond acceptors (Lipinski definition) is 3. The minimum Gasteiger partial charge on any atom is -0.493 e. The molecule has 1 aromatic rings. The van der Waals surface area contributed by atoms with Crippen LogP contribution < -0.4 is 4.74 Å². The molecular weight excluding hydrogens is 234 g/mol. The molecule has 3 rings (SSSR count). The minimum atomic E-state index is -0.832. The Morgan fingerprint density at radius 1 is 1.33 bits per heavy atom. The summed E-state index contributed by atoms with van der Waals surface area (Å²) >= 11 is 0. The molecule has 1 fully saturated rings. The summed E-state index contributed by atoms with van der Waals surface area (Å²) in [7, 11) is 0. The number of likely N-dealkylation sites (tertiary alicyclic amines) is 1. The van der Waals surface area contributed by atoms with Crippen LogP contribution in [-0.2, 0) is 11.2 Å². The molecule has 0 bridgehead atoms. The summed E-state index contributed by atoms with van der Waals surface area (Å²) in [6, 6.07) is 5.39. The fourth-order valence-corrected chi connectivity index (χ4v) is 2.30. The lowest BCUT2D eigenvalue weighted by atomic mass is 9.98. The van der Waals surface area contributed by atoms with Gasteiger partial charge in [-0.25, -0.2) is 0 Å². The molecule has 0 radical (unpaired) electrons. The highest BCUT2D eigenvalue weighted by atomic mass is 16.5. The first kappa shape index (κ1) is 11.1. The van der Waals surface area contributed by atoms with E-state index < -0.39 is 11.9 Å². The average molecular weight is 247 g/mol. The third kappa shape index (κ3) is 1.72. The largest absolute Gasteiger partial charge is 0.493 e. The van der Waals surface area contributed by atoms with Crippen LogP contribution in [0.2, 0.25) is 0 Å². The highest BCUT2D eigenvalue weighted by Gasteiger charge is 2.36. The summed E-state index contributed by atoms with van der Waals surface area (Å²) in [6.45, 7) is 1.28. The van der Waals surface area contributed by atoms with Gasteiger partial charge in [0, 0.05) is 25.1 Å². The van der Waals surface area contributed by atoms with Crippen molar-refractivity contribution in [3.8, 4) is 5.75 Å². The zero-order valence-corrected chi connectivity index (χ0v) is 9.76. The predicted molar refractivity (Wildman–Crippen MR) is 62.7 cm³/mol. The van der Waals surface area contributed by atoms with E-state index in [0.29, 0.717) is 25.3 Å². The highest BCUT2D eigenvalue weighted by molar-refractivity contribution is 5.96. The van der Waals surface area contributed by atoms with Gasteiger partial charge in [0.1, 0.15) is 5.75 Å². The SMILES string of the molecule is O=C(O)C1CN(C(=O)c2ccc3c(c2)CCO3)C1. The monoisotopic (exact) mass is 247 g/mol. The molecule has 5 nitrogen and oxygen atoms in total. The molecule has 1 amide bonds. The van der Waals surface area contributed by atoms with E-state index in [2.05, 4.69) is 0 Å². The number of fused-ring (bicyclic) bond motifs is 1. The number of amides is 1. The maximum Gasteiger partial charge on any atom is 0.310 e. The van der Waals surface area contributed by atoms with Crippen LogP contribution in [0.1, 0.15) is 15.9 Å².